The molecule has 0 aliphatic rings. The maximum absolute atomic E-state index is 4.96. The molecule has 0 aromatic carbocycles. The van der Waals surface area contributed by atoms with Crippen LogP contribution in [-0.2, 0) is 0 Å². The smallest absolute Gasteiger partial charge is 0.0621 e. The van der Waals surface area contributed by atoms with Crippen molar-refractivity contribution in [2.45, 2.75) is 18.6 Å². The van der Waals surface area contributed by atoms with Crippen LogP contribution in [0.4, 0.5) is 0 Å². The molecule has 0 heterocycles. The van der Waals surface area contributed by atoms with Gasteiger partial charge in [0.05, 0.1) is 5.25 Å². The number of hydrogen-bond donors (Lipinski definition) is 1. The fourth-order valence-electron chi connectivity index (χ4n) is 0.118. The monoisotopic (exact) mass is 100 g/mol. The van der Waals surface area contributed by atoms with Crippen molar-refractivity contribution in [3.8, 4) is 12.3 Å². The lowest BCUT2D eigenvalue weighted by molar-refractivity contribution is 1.01. The Morgan fingerprint density at radius 3 is 2.50 bits per heavy atom. The first kappa shape index (κ1) is 5.91. The topological polar surface area (TPSA) is 0 Å². The highest BCUT2D eigenvalue weighted by molar-refractivity contribution is 7.81. The third-order valence-electron chi connectivity index (χ3n) is 0.579. The maximum Gasteiger partial charge on any atom is 0.0621 e. The van der Waals surface area contributed by atoms with Gasteiger partial charge in [-0.25, -0.2) is 0 Å². The highest BCUT2D eigenvalue weighted by atomic mass is 32.1. The number of thiol groups is 1. The van der Waals surface area contributed by atoms with Gasteiger partial charge >= 0.3 is 0 Å². The summed E-state index contributed by atoms with van der Waals surface area (Å²) in [6.45, 7) is 2.01. The second kappa shape index (κ2) is 3.11. The lowest BCUT2D eigenvalue weighted by atomic mass is 10.3. The van der Waals surface area contributed by atoms with E-state index in [2.05, 4.69) is 18.5 Å². The number of terminal acetylenes is 1. The molecular formula is C5H8S. The van der Waals surface area contributed by atoms with E-state index in [0.717, 1.165) is 6.42 Å². The van der Waals surface area contributed by atoms with Crippen LogP contribution in [0.2, 0.25) is 0 Å². The predicted molar refractivity (Wildman–Crippen MR) is 31.9 cm³/mol. The minimum atomic E-state index is 0.157. The molecule has 0 spiro atoms. The lowest BCUT2D eigenvalue weighted by Gasteiger charge is -1.89. The van der Waals surface area contributed by atoms with E-state index in [-0.39, 0.29) is 5.25 Å². The zero-order valence-electron chi connectivity index (χ0n) is 3.81. The average molecular weight is 100 g/mol. The predicted octanol–water partition coefficient (Wildman–Crippen LogP) is 1.33. The van der Waals surface area contributed by atoms with Gasteiger partial charge in [0.25, 0.3) is 0 Å². The molecule has 6 heavy (non-hydrogen) atoms. The summed E-state index contributed by atoms with van der Waals surface area (Å²) in [7, 11) is 0. The van der Waals surface area contributed by atoms with Gasteiger partial charge in [-0.2, -0.15) is 12.6 Å². The summed E-state index contributed by atoms with van der Waals surface area (Å²) < 4.78 is 0. The van der Waals surface area contributed by atoms with Gasteiger partial charge < -0.3 is 0 Å². The van der Waals surface area contributed by atoms with E-state index in [0.29, 0.717) is 0 Å². The van der Waals surface area contributed by atoms with Crippen LogP contribution < -0.4 is 0 Å². The highest BCUT2D eigenvalue weighted by Gasteiger charge is 1.86. The molecule has 0 aromatic heterocycles. The van der Waals surface area contributed by atoms with Gasteiger partial charge in [-0.3, -0.25) is 0 Å². The minimum absolute atomic E-state index is 0.157. The number of hydrogen-bond acceptors (Lipinski definition) is 1. The second-order valence-electron chi connectivity index (χ2n) is 1.09. The van der Waals surface area contributed by atoms with E-state index in [1.54, 1.807) is 0 Å². The average Bonchev–Trinajstić information content (AvgIpc) is 1.65. The Labute approximate surface area is 44.4 Å². The Hall–Kier alpha value is -0.0900. The Morgan fingerprint density at radius 2 is 2.50 bits per heavy atom. The molecule has 0 saturated heterocycles. The molecule has 34 valence electrons. The molecule has 0 fully saturated rings. The van der Waals surface area contributed by atoms with Crippen molar-refractivity contribution in [2.24, 2.45) is 0 Å². The summed E-state index contributed by atoms with van der Waals surface area (Å²) in [6.07, 6.45) is 5.91. The molecular weight excluding hydrogens is 92.1 g/mol. The van der Waals surface area contributed by atoms with Crippen molar-refractivity contribution < 1.29 is 0 Å². The molecule has 1 atom stereocenters. The Morgan fingerprint density at radius 1 is 2.00 bits per heavy atom. The zero-order chi connectivity index (χ0) is 4.99. The molecule has 0 aliphatic heterocycles. The van der Waals surface area contributed by atoms with Crippen LogP contribution in [-0.4, -0.2) is 5.25 Å². The fraction of sp³-hybridized carbons (Fsp3) is 0.600. The molecule has 0 radical (unpaired) electrons. The first-order valence-corrected chi connectivity index (χ1v) is 2.47. The summed E-state index contributed by atoms with van der Waals surface area (Å²) in [4.78, 5) is 0. The molecule has 0 nitrogen and oxygen atoms in total. The van der Waals surface area contributed by atoms with Crippen LogP contribution in [0.1, 0.15) is 13.3 Å². The Kier molecular flexibility index (Phi) is 3.07. The van der Waals surface area contributed by atoms with E-state index >= 15 is 0 Å². The summed E-state index contributed by atoms with van der Waals surface area (Å²) in [5, 5.41) is 0.157. The first-order valence-electron chi connectivity index (χ1n) is 1.95. The second-order valence-corrected chi connectivity index (χ2v) is 1.71. The minimum Gasteiger partial charge on any atom is -0.163 e. The third-order valence-corrected chi connectivity index (χ3v) is 1.09. The Bertz CT molecular complexity index is 60.8. The van der Waals surface area contributed by atoms with E-state index in [1.165, 1.54) is 0 Å². The van der Waals surface area contributed by atoms with Crippen LogP contribution in [0.3, 0.4) is 0 Å². The van der Waals surface area contributed by atoms with Gasteiger partial charge in [0.1, 0.15) is 0 Å². The lowest BCUT2D eigenvalue weighted by Crippen LogP contribution is -1.86. The molecule has 0 N–H and O–H groups in total. The van der Waals surface area contributed by atoms with E-state index in [9.17, 15) is 0 Å². The van der Waals surface area contributed by atoms with Gasteiger partial charge in [-0.15, -0.1) is 6.42 Å². The molecule has 0 aliphatic carbocycles. The standard InChI is InChI=1S/C5H8S/c1-3-5(6)4-2/h1,5-6H,4H2,2H3. The molecule has 0 rings (SSSR count). The molecule has 0 bridgehead atoms. The van der Waals surface area contributed by atoms with E-state index in [4.69, 9.17) is 6.42 Å². The molecule has 1 heteroatoms. The van der Waals surface area contributed by atoms with E-state index in [1.807, 2.05) is 6.92 Å². The molecule has 1 unspecified atom stereocenters. The largest absolute Gasteiger partial charge is 0.163 e. The highest BCUT2D eigenvalue weighted by Crippen LogP contribution is 1.94. The van der Waals surface area contributed by atoms with Crippen LogP contribution in [0.15, 0.2) is 0 Å². The van der Waals surface area contributed by atoms with Crippen LogP contribution in [0.25, 0.3) is 0 Å². The SMILES string of the molecule is C#CC(S)CC. The molecule has 0 saturated carbocycles. The summed E-state index contributed by atoms with van der Waals surface area (Å²) >= 11 is 3.99. The normalized spacial score (nSPS) is 12.8. The zero-order valence-corrected chi connectivity index (χ0v) is 4.70. The van der Waals surface area contributed by atoms with E-state index < -0.39 is 0 Å². The van der Waals surface area contributed by atoms with Crippen LogP contribution in [0.5, 0.6) is 0 Å². The summed E-state index contributed by atoms with van der Waals surface area (Å²) in [5.41, 5.74) is 0. The van der Waals surface area contributed by atoms with Gasteiger partial charge in [-0.05, 0) is 6.42 Å². The quantitative estimate of drug-likeness (QED) is 0.373. The molecule has 0 aromatic rings. The van der Waals surface area contributed by atoms with Crippen molar-refractivity contribution in [3.05, 3.63) is 0 Å². The fourth-order valence-corrected chi connectivity index (χ4v) is 0.118. The van der Waals surface area contributed by atoms with Gasteiger partial charge in [0.15, 0.2) is 0 Å². The van der Waals surface area contributed by atoms with Crippen molar-refractivity contribution in [1.82, 2.24) is 0 Å². The van der Waals surface area contributed by atoms with Crippen molar-refractivity contribution in [2.75, 3.05) is 0 Å². The van der Waals surface area contributed by atoms with Crippen LogP contribution >= 0.6 is 12.6 Å². The molecule has 0 amide bonds. The van der Waals surface area contributed by atoms with Gasteiger partial charge in [-0.1, -0.05) is 12.8 Å². The van der Waals surface area contributed by atoms with Gasteiger partial charge in [0.2, 0.25) is 0 Å². The Balaban J connectivity index is 3.04. The third kappa shape index (κ3) is 2.17. The van der Waals surface area contributed by atoms with Crippen molar-refractivity contribution >= 4 is 12.6 Å². The number of rotatable bonds is 1. The maximum atomic E-state index is 4.96. The van der Waals surface area contributed by atoms with Crippen molar-refractivity contribution in [1.29, 1.82) is 0 Å². The van der Waals surface area contributed by atoms with Crippen molar-refractivity contribution in [3.63, 3.8) is 0 Å². The summed E-state index contributed by atoms with van der Waals surface area (Å²) in [5.74, 6) is 2.48. The summed E-state index contributed by atoms with van der Waals surface area (Å²) in [6, 6.07) is 0. The van der Waals surface area contributed by atoms with Crippen LogP contribution in [0, 0.1) is 12.3 Å². The van der Waals surface area contributed by atoms with Gasteiger partial charge in [0, 0.05) is 0 Å². The first-order chi connectivity index (χ1) is 2.81.